The number of rotatable bonds is 2. The number of aliphatic imine (C=N–C) groups is 1. The van der Waals surface area contributed by atoms with Crippen molar-refractivity contribution in [2.24, 2.45) is 4.99 Å². The fraction of sp³-hybridized carbons (Fsp3) is 0.625. The normalized spacial score (nSPS) is 23.9. The highest BCUT2D eigenvalue weighted by molar-refractivity contribution is 6.45. The van der Waals surface area contributed by atoms with Crippen molar-refractivity contribution in [3.63, 3.8) is 0 Å². The zero-order valence-electron chi connectivity index (χ0n) is 7.54. The van der Waals surface area contributed by atoms with Crippen molar-refractivity contribution in [3.8, 4) is 0 Å². The van der Waals surface area contributed by atoms with E-state index in [-0.39, 0.29) is 12.5 Å². The standard InChI is InChI=1S/C8H11N3O3/c12-5-6(13)11-7(10-5)9-4-8(14)2-1-3-8/h14H,1-4H2,(H2,9,10,11,12,13). The fourth-order valence-corrected chi connectivity index (χ4v) is 1.41. The Kier molecular flexibility index (Phi) is 1.99. The average molecular weight is 197 g/mol. The first kappa shape index (κ1) is 9.14. The Morgan fingerprint density at radius 2 is 1.86 bits per heavy atom. The van der Waals surface area contributed by atoms with Gasteiger partial charge in [-0.05, 0) is 19.3 Å². The predicted octanol–water partition coefficient (Wildman–Crippen LogP) is -1.50. The molecule has 1 saturated heterocycles. The lowest BCUT2D eigenvalue weighted by molar-refractivity contribution is -0.135. The quantitative estimate of drug-likeness (QED) is 0.471. The maximum absolute atomic E-state index is 10.7. The molecule has 1 heterocycles. The molecular formula is C8H11N3O3. The van der Waals surface area contributed by atoms with Gasteiger partial charge in [-0.25, -0.2) is 4.99 Å². The SMILES string of the molecule is O=C1NC(=NCC2(O)CCC2)NC1=O. The zero-order chi connectivity index (χ0) is 10.2. The van der Waals surface area contributed by atoms with Crippen LogP contribution in [0.2, 0.25) is 0 Å². The molecule has 14 heavy (non-hydrogen) atoms. The van der Waals surface area contributed by atoms with Crippen molar-refractivity contribution in [1.82, 2.24) is 10.6 Å². The molecule has 3 N–H and O–H groups in total. The van der Waals surface area contributed by atoms with Crippen LogP contribution in [-0.2, 0) is 9.59 Å². The van der Waals surface area contributed by atoms with Gasteiger partial charge in [-0.15, -0.1) is 0 Å². The second kappa shape index (κ2) is 3.06. The molecule has 1 aliphatic carbocycles. The van der Waals surface area contributed by atoms with Gasteiger partial charge < -0.3 is 5.11 Å². The molecule has 2 aliphatic rings. The Morgan fingerprint density at radius 1 is 1.29 bits per heavy atom. The van der Waals surface area contributed by atoms with Crippen molar-refractivity contribution in [2.75, 3.05) is 6.54 Å². The van der Waals surface area contributed by atoms with Gasteiger partial charge in [0.05, 0.1) is 12.1 Å². The highest BCUT2D eigenvalue weighted by Crippen LogP contribution is 2.31. The van der Waals surface area contributed by atoms with Crippen LogP contribution in [0, 0.1) is 0 Å². The summed E-state index contributed by atoms with van der Waals surface area (Å²) in [4.78, 5) is 25.4. The predicted molar refractivity (Wildman–Crippen MR) is 47.4 cm³/mol. The van der Waals surface area contributed by atoms with Crippen LogP contribution in [0.3, 0.4) is 0 Å². The van der Waals surface area contributed by atoms with E-state index < -0.39 is 17.4 Å². The Balaban J connectivity index is 1.93. The molecule has 1 aliphatic heterocycles. The number of amides is 2. The highest BCUT2D eigenvalue weighted by atomic mass is 16.3. The zero-order valence-corrected chi connectivity index (χ0v) is 7.54. The van der Waals surface area contributed by atoms with Gasteiger partial charge >= 0.3 is 11.8 Å². The molecule has 1 saturated carbocycles. The maximum atomic E-state index is 10.7. The number of hydrogen-bond donors (Lipinski definition) is 3. The summed E-state index contributed by atoms with van der Waals surface area (Å²) < 4.78 is 0. The highest BCUT2D eigenvalue weighted by Gasteiger charge is 2.35. The van der Waals surface area contributed by atoms with Gasteiger partial charge in [0, 0.05) is 0 Å². The number of aliphatic hydroxyl groups is 1. The van der Waals surface area contributed by atoms with E-state index in [0.29, 0.717) is 0 Å². The Labute approximate surface area is 80.4 Å². The number of nitrogens with one attached hydrogen (secondary N) is 2. The second-order valence-electron chi connectivity index (χ2n) is 3.65. The second-order valence-corrected chi connectivity index (χ2v) is 3.65. The number of carbonyl (C=O) groups excluding carboxylic acids is 2. The molecule has 2 fully saturated rings. The van der Waals surface area contributed by atoms with Crippen molar-refractivity contribution >= 4 is 17.8 Å². The van der Waals surface area contributed by atoms with E-state index in [9.17, 15) is 14.7 Å². The summed E-state index contributed by atoms with van der Waals surface area (Å²) in [5, 5.41) is 14.2. The van der Waals surface area contributed by atoms with Gasteiger partial charge in [0.25, 0.3) is 0 Å². The summed E-state index contributed by atoms with van der Waals surface area (Å²) >= 11 is 0. The van der Waals surface area contributed by atoms with Crippen molar-refractivity contribution in [1.29, 1.82) is 0 Å². The van der Waals surface area contributed by atoms with Crippen LogP contribution in [0.1, 0.15) is 19.3 Å². The summed E-state index contributed by atoms with van der Waals surface area (Å²) in [6, 6.07) is 0. The van der Waals surface area contributed by atoms with E-state index in [0.717, 1.165) is 19.3 Å². The summed E-state index contributed by atoms with van der Waals surface area (Å²) in [5.41, 5.74) is -0.731. The van der Waals surface area contributed by atoms with Crippen LogP contribution in [-0.4, -0.2) is 35.0 Å². The molecule has 0 radical (unpaired) electrons. The van der Waals surface area contributed by atoms with E-state index in [4.69, 9.17) is 0 Å². The largest absolute Gasteiger partial charge is 0.388 e. The minimum atomic E-state index is -0.731. The summed E-state index contributed by atoms with van der Waals surface area (Å²) in [5.74, 6) is -1.27. The first-order valence-corrected chi connectivity index (χ1v) is 4.48. The molecule has 76 valence electrons. The molecule has 0 atom stereocenters. The minimum Gasteiger partial charge on any atom is -0.388 e. The molecule has 0 unspecified atom stereocenters. The van der Waals surface area contributed by atoms with Crippen LogP contribution in [0.25, 0.3) is 0 Å². The minimum absolute atomic E-state index is 0.139. The smallest absolute Gasteiger partial charge is 0.316 e. The van der Waals surface area contributed by atoms with Crippen molar-refractivity contribution in [2.45, 2.75) is 24.9 Å². The van der Waals surface area contributed by atoms with E-state index in [1.807, 2.05) is 0 Å². The third-order valence-electron chi connectivity index (χ3n) is 2.49. The molecule has 0 aromatic heterocycles. The van der Waals surface area contributed by atoms with E-state index in [1.165, 1.54) is 0 Å². The van der Waals surface area contributed by atoms with Gasteiger partial charge in [0.1, 0.15) is 0 Å². The molecule has 6 heteroatoms. The Bertz CT molecular complexity index is 302. The van der Waals surface area contributed by atoms with Gasteiger partial charge in [-0.3, -0.25) is 20.2 Å². The van der Waals surface area contributed by atoms with Crippen LogP contribution >= 0.6 is 0 Å². The number of nitrogens with zero attached hydrogens (tertiary/aromatic N) is 1. The van der Waals surface area contributed by atoms with Crippen LogP contribution in [0.5, 0.6) is 0 Å². The molecule has 0 spiro atoms. The van der Waals surface area contributed by atoms with Gasteiger partial charge in [0.2, 0.25) is 5.96 Å². The van der Waals surface area contributed by atoms with Crippen molar-refractivity contribution in [3.05, 3.63) is 0 Å². The molecule has 2 rings (SSSR count). The van der Waals surface area contributed by atoms with E-state index >= 15 is 0 Å². The molecule has 0 aromatic carbocycles. The topological polar surface area (TPSA) is 90.8 Å². The van der Waals surface area contributed by atoms with E-state index in [1.54, 1.807) is 0 Å². The number of hydrogen-bond acceptors (Lipinski definition) is 4. The number of guanidine groups is 1. The Morgan fingerprint density at radius 3 is 2.29 bits per heavy atom. The molecular weight excluding hydrogens is 186 g/mol. The average Bonchev–Trinajstić information content (AvgIpc) is 2.40. The Hall–Kier alpha value is -1.43. The lowest BCUT2D eigenvalue weighted by atomic mass is 9.80. The molecule has 6 nitrogen and oxygen atoms in total. The third-order valence-corrected chi connectivity index (χ3v) is 2.49. The van der Waals surface area contributed by atoms with Gasteiger partial charge in [0.15, 0.2) is 0 Å². The summed E-state index contributed by atoms with van der Waals surface area (Å²) in [6.45, 7) is 0.225. The van der Waals surface area contributed by atoms with Crippen molar-refractivity contribution < 1.29 is 14.7 Å². The monoisotopic (exact) mass is 197 g/mol. The van der Waals surface area contributed by atoms with Crippen LogP contribution in [0.15, 0.2) is 4.99 Å². The third kappa shape index (κ3) is 1.60. The van der Waals surface area contributed by atoms with Crippen LogP contribution in [0.4, 0.5) is 0 Å². The first-order chi connectivity index (χ1) is 6.59. The van der Waals surface area contributed by atoms with Gasteiger partial charge in [-0.2, -0.15) is 0 Å². The molecule has 2 amide bonds. The lowest BCUT2D eigenvalue weighted by Gasteiger charge is -2.34. The van der Waals surface area contributed by atoms with Gasteiger partial charge in [-0.1, -0.05) is 0 Å². The summed E-state index contributed by atoms with van der Waals surface area (Å²) in [7, 11) is 0. The molecule has 0 bridgehead atoms. The number of carbonyl (C=O) groups is 2. The first-order valence-electron chi connectivity index (χ1n) is 4.48. The molecule has 0 aromatic rings. The van der Waals surface area contributed by atoms with Crippen LogP contribution < -0.4 is 10.6 Å². The lowest BCUT2D eigenvalue weighted by Crippen LogP contribution is -2.41. The van der Waals surface area contributed by atoms with E-state index in [2.05, 4.69) is 15.6 Å². The fourth-order valence-electron chi connectivity index (χ4n) is 1.41. The summed E-state index contributed by atoms with van der Waals surface area (Å²) in [6.07, 6.45) is 2.46. The maximum Gasteiger partial charge on any atom is 0.316 e.